The number of fused-ring (bicyclic) bond motifs is 3. The molecule has 2 aromatic heterocycles. The third kappa shape index (κ3) is 4.20. The van der Waals surface area contributed by atoms with Crippen LogP contribution in [0.3, 0.4) is 0 Å². The number of ether oxygens (including phenoxy) is 1. The van der Waals surface area contributed by atoms with Crippen molar-refractivity contribution in [3.8, 4) is 11.4 Å². The Labute approximate surface area is 210 Å². The maximum Gasteiger partial charge on any atom is 0.337 e. The number of methoxy groups -OCH3 is 1. The van der Waals surface area contributed by atoms with Crippen LogP contribution in [0.4, 0.5) is 5.69 Å². The molecule has 1 aliphatic rings. The summed E-state index contributed by atoms with van der Waals surface area (Å²) in [5.74, 6) is 0.208. The first-order valence-electron chi connectivity index (χ1n) is 11.4. The lowest BCUT2D eigenvalue weighted by Gasteiger charge is -2.25. The zero-order valence-electron chi connectivity index (χ0n) is 19.8. The topological polar surface area (TPSA) is 103 Å². The lowest BCUT2D eigenvalue weighted by Crippen LogP contribution is -2.40. The summed E-state index contributed by atoms with van der Waals surface area (Å²) in [7, 11) is 1.56. The minimum Gasteiger partial charge on any atom is -0.497 e. The first-order chi connectivity index (χ1) is 17.4. The Morgan fingerprint density at radius 2 is 1.78 bits per heavy atom. The van der Waals surface area contributed by atoms with Crippen molar-refractivity contribution in [2.75, 3.05) is 19.0 Å². The summed E-state index contributed by atoms with van der Waals surface area (Å²) in [5.41, 5.74) is 0.822. The second-order valence-electron chi connectivity index (χ2n) is 8.50. The number of aromatic nitrogens is 2. The molecular formula is C26H24N4O5S. The average Bonchev–Trinajstić information content (AvgIpc) is 3.27. The van der Waals surface area contributed by atoms with Crippen molar-refractivity contribution in [1.82, 2.24) is 14.0 Å². The van der Waals surface area contributed by atoms with Gasteiger partial charge in [-0.3, -0.25) is 19.0 Å². The molecule has 0 aliphatic carbocycles. The number of nitrogens with one attached hydrogen (secondary N) is 1. The van der Waals surface area contributed by atoms with Gasteiger partial charge in [-0.1, -0.05) is 18.2 Å². The molecule has 5 rings (SSSR count). The number of carbonyl (C=O) groups is 2. The van der Waals surface area contributed by atoms with Crippen molar-refractivity contribution in [2.24, 2.45) is 0 Å². The van der Waals surface area contributed by atoms with Crippen LogP contribution in [0.5, 0.6) is 5.75 Å². The second-order valence-corrected chi connectivity index (χ2v) is 9.58. The van der Waals surface area contributed by atoms with Gasteiger partial charge in [-0.15, -0.1) is 11.3 Å². The van der Waals surface area contributed by atoms with Gasteiger partial charge in [0.1, 0.15) is 17.1 Å². The molecule has 0 saturated heterocycles. The molecule has 0 unspecified atom stereocenters. The second kappa shape index (κ2) is 9.46. The smallest absolute Gasteiger partial charge is 0.337 e. The van der Waals surface area contributed by atoms with Gasteiger partial charge in [0, 0.05) is 24.0 Å². The quantitative estimate of drug-likeness (QED) is 0.450. The summed E-state index contributed by atoms with van der Waals surface area (Å²) in [6, 6.07) is 15.5. The zero-order chi connectivity index (χ0) is 25.4. The van der Waals surface area contributed by atoms with Crippen molar-refractivity contribution in [3.63, 3.8) is 0 Å². The maximum absolute atomic E-state index is 13.7. The van der Waals surface area contributed by atoms with E-state index >= 15 is 0 Å². The van der Waals surface area contributed by atoms with Gasteiger partial charge in [0.05, 0.1) is 24.7 Å². The van der Waals surface area contributed by atoms with Crippen molar-refractivity contribution in [1.29, 1.82) is 0 Å². The third-order valence-electron chi connectivity index (χ3n) is 6.26. The van der Waals surface area contributed by atoms with E-state index in [2.05, 4.69) is 5.32 Å². The molecule has 4 aromatic rings. The largest absolute Gasteiger partial charge is 0.497 e. The fourth-order valence-corrected chi connectivity index (χ4v) is 5.78. The molecule has 1 N–H and O–H groups in total. The molecule has 36 heavy (non-hydrogen) atoms. The molecule has 10 heteroatoms. The maximum atomic E-state index is 13.7. The average molecular weight is 505 g/mol. The normalized spacial score (nSPS) is 12.9. The van der Waals surface area contributed by atoms with E-state index in [1.54, 1.807) is 66.6 Å². The van der Waals surface area contributed by atoms with Crippen LogP contribution < -0.4 is 21.3 Å². The van der Waals surface area contributed by atoms with Crippen LogP contribution >= 0.6 is 11.3 Å². The highest BCUT2D eigenvalue weighted by Crippen LogP contribution is 2.33. The van der Waals surface area contributed by atoms with Gasteiger partial charge in [0.25, 0.3) is 5.56 Å². The number of hydrogen-bond acceptors (Lipinski definition) is 6. The van der Waals surface area contributed by atoms with Crippen LogP contribution in [0, 0.1) is 0 Å². The molecule has 2 aromatic carbocycles. The summed E-state index contributed by atoms with van der Waals surface area (Å²) in [5, 5.41) is 3.23. The Morgan fingerprint density at radius 1 is 1.06 bits per heavy atom. The van der Waals surface area contributed by atoms with Gasteiger partial charge in [0.2, 0.25) is 11.8 Å². The number of hydrogen-bond donors (Lipinski definition) is 1. The van der Waals surface area contributed by atoms with E-state index in [1.165, 1.54) is 22.8 Å². The van der Waals surface area contributed by atoms with Gasteiger partial charge in [-0.25, -0.2) is 9.36 Å². The summed E-state index contributed by atoms with van der Waals surface area (Å²) in [4.78, 5) is 55.3. The lowest BCUT2D eigenvalue weighted by molar-refractivity contribution is -0.129. The first kappa shape index (κ1) is 23.6. The SMILES string of the molecule is COc1ccc(NC(=O)Cn2c(=O)n(-c3ccccc3)c(=O)c3c4c(sc32)CN(C(C)=O)CC4)cc1. The number of carbonyl (C=O) groups excluding carboxylic acids is 2. The first-order valence-corrected chi connectivity index (χ1v) is 12.2. The van der Waals surface area contributed by atoms with Gasteiger partial charge in [-0.05, 0) is 48.4 Å². The molecule has 2 amide bonds. The Bertz CT molecular complexity index is 1590. The third-order valence-corrected chi connectivity index (χ3v) is 7.50. The highest BCUT2D eigenvalue weighted by molar-refractivity contribution is 7.18. The van der Waals surface area contributed by atoms with Crippen LogP contribution in [-0.4, -0.2) is 39.5 Å². The molecule has 0 bridgehead atoms. The highest BCUT2D eigenvalue weighted by atomic mass is 32.1. The number of rotatable bonds is 5. The summed E-state index contributed by atoms with van der Waals surface area (Å²) >= 11 is 1.29. The number of nitrogens with zero attached hydrogens (tertiary/aromatic N) is 3. The van der Waals surface area contributed by atoms with E-state index in [0.29, 0.717) is 46.9 Å². The van der Waals surface area contributed by atoms with Crippen molar-refractivity contribution in [2.45, 2.75) is 26.4 Å². The van der Waals surface area contributed by atoms with Crippen molar-refractivity contribution >= 4 is 39.1 Å². The van der Waals surface area contributed by atoms with Crippen molar-refractivity contribution in [3.05, 3.63) is 85.9 Å². The van der Waals surface area contributed by atoms with Crippen LogP contribution in [0.2, 0.25) is 0 Å². The van der Waals surface area contributed by atoms with Crippen LogP contribution in [0.25, 0.3) is 15.9 Å². The van der Waals surface area contributed by atoms with Crippen LogP contribution in [0.1, 0.15) is 17.4 Å². The lowest BCUT2D eigenvalue weighted by atomic mass is 10.1. The van der Waals surface area contributed by atoms with E-state index in [9.17, 15) is 19.2 Å². The standard InChI is InChI=1S/C26H24N4O5S/c1-16(31)28-13-12-20-21(14-28)36-25-23(20)24(33)30(18-6-4-3-5-7-18)26(34)29(25)15-22(32)27-17-8-10-19(35-2)11-9-17/h3-11H,12-15H2,1-2H3,(H,27,32). The molecular weight excluding hydrogens is 480 g/mol. The fourth-order valence-electron chi connectivity index (χ4n) is 4.44. The number of anilines is 1. The number of thiophene rings is 1. The molecule has 9 nitrogen and oxygen atoms in total. The summed E-state index contributed by atoms with van der Waals surface area (Å²) in [6.45, 7) is 2.11. The van der Waals surface area contributed by atoms with Gasteiger partial charge in [0.15, 0.2) is 0 Å². The molecule has 1 aliphatic heterocycles. The minimum atomic E-state index is -0.592. The zero-order valence-corrected chi connectivity index (χ0v) is 20.6. The Balaban J connectivity index is 1.63. The fraction of sp³-hybridized carbons (Fsp3) is 0.231. The summed E-state index contributed by atoms with van der Waals surface area (Å²) < 4.78 is 7.62. The Morgan fingerprint density at radius 3 is 2.44 bits per heavy atom. The van der Waals surface area contributed by atoms with Crippen LogP contribution in [-0.2, 0) is 29.1 Å². The molecule has 3 heterocycles. The predicted octanol–water partition coefficient (Wildman–Crippen LogP) is 2.77. The number of para-hydroxylation sites is 1. The molecule has 0 saturated carbocycles. The van der Waals surface area contributed by atoms with E-state index in [1.807, 2.05) is 0 Å². The van der Waals surface area contributed by atoms with Crippen LogP contribution in [0.15, 0.2) is 64.2 Å². The molecule has 0 atom stereocenters. The molecule has 184 valence electrons. The summed E-state index contributed by atoms with van der Waals surface area (Å²) in [6.07, 6.45) is 0.509. The molecule has 0 fully saturated rings. The van der Waals surface area contributed by atoms with Gasteiger partial charge >= 0.3 is 5.69 Å². The Hall–Kier alpha value is -4.18. The Kier molecular flexibility index (Phi) is 6.19. The predicted molar refractivity (Wildman–Crippen MR) is 138 cm³/mol. The van der Waals surface area contributed by atoms with E-state index in [-0.39, 0.29) is 12.5 Å². The number of amides is 2. The highest BCUT2D eigenvalue weighted by Gasteiger charge is 2.28. The van der Waals surface area contributed by atoms with E-state index in [4.69, 9.17) is 4.74 Å². The monoisotopic (exact) mass is 504 g/mol. The van der Waals surface area contributed by atoms with E-state index in [0.717, 1.165) is 15.0 Å². The van der Waals surface area contributed by atoms with Gasteiger partial charge in [-0.2, -0.15) is 0 Å². The number of benzene rings is 2. The van der Waals surface area contributed by atoms with Crippen molar-refractivity contribution < 1.29 is 14.3 Å². The molecule has 0 spiro atoms. The van der Waals surface area contributed by atoms with Gasteiger partial charge < -0.3 is 15.0 Å². The van der Waals surface area contributed by atoms with E-state index < -0.39 is 17.2 Å². The minimum absolute atomic E-state index is 0.0453. The molecule has 0 radical (unpaired) electrons.